The Kier molecular flexibility index (Phi) is 3.30. The number of rotatable bonds is 3. The van der Waals surface area contributed by atoms with Crippen LogP contribution in [0.4, 0.5) is 0 Å². The number of ether oxygens (including phenoxy) is 1. The maximum atomic E-state index is 5.61. The molecule has 0 saturated carbocycles. The molecule has 0 heterocycles. The van der Waals surface area contributed by atoms with Crippen LogP contribution in [0.15, 0.2) is 59.5 Å². The molecule has 0 saturated heterocycles. The van der Waals surface area contributed by atoms with Gasteiger partial charge >= 0.3 is 0 Å². The maximum Gasteiger partial charge on any atom is 0.119 e. The molecule has 0 fully saturated rings. The predicted molar refractivity (Wildman–Crippen MR) is 64.5 cm³/mol. The summed E-state index contributed by atoms with van der Waals surface area (Å²) in [6.45, 7) is 0.604. The van der Waals surface area contributed by atoms with Crippen LogP contribution >= 0.6 is 12.6 Å². The van der Waals surface area contributed by atoms with Crippen LogP contribution in [-0.4, -0.2) is 0 Å². The Morgan fingerprint density at radius 3 is 2.20 bits per heavy atom. The van der Waals surface area contributed by atoms with E-state index >= 15 is 0 Å². The molecule has 0 bridgehead atoms. The van der Waals surface area contributed by atoms with Crippen molar-refractivity contribution in [2.75, 3.05) is 0 Å². The Labute approximate surface area is 95.1 Å². The summed E-state index contributed by atoms with van der Waals surface area (Å²) in [7, 11) is 0. The van der Waals surface area contributed by atoms with E-state index in [0.29, 0.717) is 6.61 Å². The monoisotopic (exact) mass is 216 g/mol. The van der Waals surface area contributed by atoms with Gasteiger partial charge in [0.05, 0.1) is 0 Å². The molecule has 0 radical (unpaired) electrons. The van der Waals surface area contributed by atoms with E-state index in [-0.39, 0.29) is 0 Å². The molecule has 0 amide bonds. The lowest BCUT2D eigenvalue weighted by Crippen LogP contribution is -1.94. The molecule has 0 unspecified atom stereocenters. The maximum absolute atomic E-state index is 5.61. The van der Waals surface area contributed by atoms with E-state index in [0.717, 1.165) is 10.6 Å². The smallest absolute Gasteiger partial charge is 0.119 e. The highest BCUT2D eigenvalue weighted by Gasteiger charge is 1.94. The van der Waals surface area contributed by atoms with E-state index in [1.807, 2.05) is 54.6 Å². The summed E-state index contributed by atoms with van der Waals surface area (Å²) >= 11 is 4.21. The van der Waals surface area contributed by atoms with Crippen molar-refractivity contribution in [3.8, 4) is 5.75 Å². The topological polar surface area (TPSA) is 9.23 Å². The van der Waals surface area contributed by atoms with Crippen molar-refractivity contribution in [2.24, 2.45) is 0 Å². The first-order valence-electron chi connectivity index (χ1n) is 4.80. The first-order valence-corrected chi connectivity index (χ1v) is 5.25. The lowest BCUT2D eigenvalue weighted by molar-refractivity contribution is 0.306. The molecule has 2 rings (SSSR count). The summed E-state index contributed by atoms with van der Waals surface area (Å²) < 4.78 is 5.61. The summed E-state index contributed by atoms with van der Waals surface area (Å²) in [6, 6.07) is 17.8. The Bertz CT molecular complexity index is 408. The number of hydrogen-bond donors (Lipinski definition) is 1. The third-order valence-electron chi connectivity index (χ3n) is 2.09. The zero-order chi connectivity index (χ0) is 10.5. The zero-order valence-electron chi connectivity index (χ0n) is 8.26. The molecule has 1 nitrogen and oxygen atoms in total. The average Bonchev–Trinajstić information content (AvgIpc) is 2.30. The van der Waals surface area contributed by atoms with Crippen LogP contribution in [0.2, 0.25) is 0 Å². The van der Waals surface area contributed by atoms with Crippen molar-refractivity contribution < 1.29 is 4.74 Å². The van der Waals surface area contributed by atoms with Gasteiger partial charge < -0.3 is 4.74 Å². The predicted octanol–water partition coefficient (Wildman–Crippen LogP) is 3.55. The molecule has 2 aromatic carbocycles. The molecule has 76 valence electrons. The minimum Gasteiger partial charge on any atom is -0.489 e. The summed E-state index contributed by atoms with van der Waals surface area (Å²) in [6.07, 6.45) is 0. The second-order valence-electron chi connectivity index (χ2n) is 3.27. The lowest BCUT2D eigenvalue weighted by atomic mass is 10.2. The number of hydrogen-bond acceptors (Lipinski definition) is 2. The molecule has 15 heavy (non-hydrogen) atoms. The van der Waals surface area contributed by atoms with E-state index < -0.39 is 0 Å². The largest absolute Gasteiger partial charge is 0.489 e. The fraction of sp³-hybridized carbons (Fsp3) is 0.0769. The van der Waals surface area contributed by atoms with Crippen LogP contribution < -0.4 is 4.74 Å². The van der Waals surface area contributed by atoms with Gasteiger partial charge in [-0.3, -0.25) is 0 Å². The number of benzene rings is 2. The molecular weight excluding hydrogens is 204 g/mol. The van der Waals surface area contributed by atoms with E-state index in [9.17, 15) is 0 Å². The third kappa shape index (κ3) is 3.03. The second-order valence-corrected chi connectivity index (χ2v) is 3.78. The van der Waals surface area contributed by atoms with Crippen molar-refractivity contribution in [1.82, 2.24) is 0 Å². The standard InChI is InChI=1S/C13H12OS/c15-13-8-6-12(7-9-13)14-10-11-4-2-1-3-5-11/h1-9,15H,10H2. The molecule has 0 spiro atoms. The first kappa shape index (κ1) is 10.1. The third-order valence-corrected chi connectivity index (χ3v) is 2.38. The molecule has 0 atom stereocenters. The van der Waals surface area contributed by atoms with Crippen molar-refractivity contribution in [1.29, 1.82) is 0 Å². The minimum atomic E-state index is 0.604. The summed E-state index contributed by atoms with van der Waals surface area (Å²) in [5.41, 5.74) is 1.17. The van der Waals surface area contributed by atoms with Gasteiger partial charge in [0.15, 0.2) is 0 Å². The van der Waals surface area contributed by atoms with Gasteiger partial charge in [-0.2, -0.15) is 0 Å². The summed E-state index contributed by atoms with van der Waals surface area (Å²) in [5, 5.41) is 0. The van der Waals surface area contributed by atoms with Gasteiger partial charge in [0.2, 0.25) is 0 Å². The summed E-state index contributed by atoms with van der Waals surface area (Å²) in [4.78, 5) is 0.946. The average molecular weight is 216 g/mol. The fourth-order valence-electron chi connectivity index (χ4n) is 1.28. The normalized spacial score (nSPS) is 9.93. The first-order chi connectivity index (χ1) is 7.34. The molecule has 2 heteroatoms. The molecule has 0 aliphatic heterocycles. The molecule has 0 aliphatic rings. The van der Waals surface area contributed by atoms with Crippen molar-refractivity contribution in [2.45, 2.75) is 11.5 Å². The van der Waals surface area contributed by atoms with Gasteiger partial charge in [0, 0.05) is 4.90 Å². The van der Waals surface area contributed by atoms with Gasteiger partial charge in [-0.25, -0.2) is 0 Å². The highest BCUT2D eigenvalue weighted by atomic mass is 32.1. The Morgan fingerprint density at radius 1 is 0.867 bits per heavy atom. The van der Waals surface area contributed by atoms with Crippen LogP contribution in [-0.2, 0) is 6.61 Å². The van der Waals surface area contributed by atoms with Crippen LogP contribution in [0.3, 0.4) is 0 Å². The SMILES string of the molecule is Sc1ccc(OCc2ccccc2)cc1. The number of thiol groups is 1. The van der Waals surface area contributed by atoms with Gasteiger partial charge in [-0.1, -0.05) is 30.3 Å². The van der Waals surface area contributed by atoms with Crippen molar-refractivity contribution in [3.05, 3.63) is 60.2 Å². The van der Waals surface area contributed by atoms with Gasteiger partial charge in [-0.15, -0.1) is 12.6 Å². The minimum absolute atomic E-state index is 0.604. The molecule has 0 aromatic heterocycles. The highest BCUT2D eigenvalue weighted by molar-refractivity contribution is 7.80. The highest BCUT2D eigenvalue weighted by Crippen LogP contribution is 2.15. The zero-order valence-corrected chi connectivity index (χ0v) is 9.15. The van der Waals surface area contributed by atoms with Gasteiger partial charge in [0.1, 0.15) is 12.4 Å². The molecule has 2 aromatic rings. The quantitative estimate of drug-likeness (QED) is 0.772. The second kappa shape index (κ2) is 4.89. The van der Waals surface area contributed by atoms with Crippen molar-refractivity contribution >= 4 is 12.6 Å². The molecule has 0 aliphatic carbocycles. The Hall–Kier alpha value is -1.41. The molecule has 0 N–H and O–H groups in total. The van der Waals surface area contributed by atoms with Crippen LogP contribution in [0, 0.1) is 0 Å². The van der Waals surface area contributed by atoms with Crippen molar-refractivity contribution in [3.63, 3.8) is 0 Å². The summed E-state index contributed by atoms with van der Waals surface area (Å²) in [5.74, 6) is 0.872. The Balaban J connectivity index is 1.96. The molecular formula is C13H12OS. The fourth-order valence-corrected chi connectivity index (χ4v) is 1.43. The lowest BCUT2D eigenvalue weighted by Gasteiger charge is -2.05. The van der Waals surface area contributed by atoms with Crippen LogP contribution in [0.25, 0.3) is 0 Å². The van der Waals surface area contributed by atoms with E-state index in [1.165, 1.54) is 5.56 Å². The van der Waals surface area contributed by atoms with E-state index in [1.54, 1.807) is 0 Å². The van der Waals surface area contributed by atoms with E-state index in [2.05, 4.69) is 12.6 Å². The van der Waals surface area contributed by atoms with Gasteiger partial charge in [-0.05, 0) is 29.8 Å². The van der Waals surface area contributed by atoms with Gasteiger partial charge in [0.25, 0.3) is 0 Å². The van der Waals surface area contributed by atoms with Crippen LogP contribution in [0.5, 0.6) is 5.75 Å². The van der Waals surface area contributed by atoms with Crippen LogP contribution in [0.1, 0.15) is 5.56 Å². The Morgan fingerprint density at radius 2 is 1.53 bits per heavy atom. The van der Waals surface area contributed by atoms with E-state index in [4.69, 9.17) is 4.74 Å².